The molecule has 0 N–H and O–H groups in total. The maximum absolute atomic E-state index is 11.6. The molecule has 0 aromatic carbocycles. The summed E-state index contributed by atoms with van der Waals surface area (Å²) in [7, 11) is -0.399. The molecule has 1 fully saturated rings. The molecule has 35 heavy (non-hydrogen) atoms. The highest BCUT2D eigenvalue weighted by Crippen LogP contribution is 2.44. The molecular weight excluding hydrogens is 456 g/mol. The minimum atomic E-state index is -1.85. The summed E-state index contributed by atoms with van der Waals surface area (Å²) in [5, 5.41) is 0.194. The summed E-state index contributed by atoms with van der Waals surface area (Å²) in [6.07, 6.45) is 17.1. The molecule has 1 aliphatic carbocycles. The molecule has 5 nitrogen and oxygen atoms in total. The summed E-state index contributed by atoms with van der Waals surface area (Å²) in [6, 6.07) is 0. The van der Waals surface area contributed by atoms with Crippen molar-refractivity contribution in [3.8, 4) is 0 Å². The van der Waals surface area contributed by atoms with Crippen LogP contribution in [0, 0.1) is 11.8 Å². The molecule has 4 atom stereocenters. The third-order valence-corrected chi connectivity index (χ3v) is 12.4. The van der Waals surface area contributed by atoms with Gasteiger partial charge in [-0.15, -0.1) is 0 Å². The van der Waals surface area contributed by atoms with E-state index in [2.05, 4.69) is 52.9 Å². The van der Waals surface area contributed by atoms with Crippen LogP contribution in [0.3, 0.4) is 0 Å². The fourth-order valence-corrected chi connectivity index (χ4v) is 6.18. The van der Waals surface area contributed by atoms with E-state index in [4.69, 9.17) is 13.9 Å². The quantitative estimate of drug-likeness (QED) is 0.0911. The highest BCUT2D eigenvalue weighted by Gasteiger charge is 2.43. The van der Waals surface area contributed by atoms with Crippen LogP contribution in [-0.4, -0.2) is 39.6 Å². The van der Waals surface area contributed by atoms with E-state index in [0.29, 0.717) is 24.4 Å². The van der Waals surface area contributed by atoms with Gasteiger partial charge in [0, 0.05) is 19.4 Å². The second-order valence-corrected chi connectivity index (χ2v) is 16.6. The molecule has 1 unspecified atom stereocenters. The second kappa shape index (κ2) is 15.9. The lowest BCUT2D eigenvalue weighted by atomic mass is 9.88. The van der Waals surface area contributed by atoms with Gasteiger partial charge in [0.15, 0.2) is 8.32 Å². The normalized spacial score (nSPS) is 21.9. The van der Waals surface area contributed by atoms with Crippen LogP contribution in [0.4, 0.5) is 0 Å². The first-order valence-corrected chi connectivity index (χ1v) is 16.9. The average molecular weight is 511 g/mol. The predicted octanol–water partition coefficient (Wildman–Crippen LogP) is 7.98. The number of carbonyl (C=O) groups is 2. The fourth-order valence-electron chi connectivity index (χ4n) is 4.78. The third kappa shape index (κ3) is 12.1. The number of methoxy groups -OCH3 is 1. The van der Waals surface area contributed by atoms with E-state index in [1.807, 2.05) is 0 Å². The number of unbranched alkanes of at least 4 members (excludes halogenated alkanes) is 5. The molecule has 0 aromatic rings. The Balaban J connectivity index is 2.84. The molecule has 1 aliphatic rings. The zero-order valence-corrected chi connectivity index (χ0v) is 25.0. The van der Waals surface area contributed by atoms with Crippen LogP contribution in [0.25, 0.3) is 0 Å². The van der Waals surface area contributed by atoms with Crippen LogP contribution in [0.15, 0.2) is 12.2 Å². The summed E-state index contributed by atoms with van der Waals surface area (Å²) < 4.78 is 17.3. The van der Waals surface area contributed by atoms with Crippen LogP contribution in [0.1, 0.15) is 112 Å². The van der Waals surface area contributed by atoms with Gasteiger partial charge in [0.05, 0.1) is 7.11 Å². The molecule has 0 radical (unpaired) electrons. The monoisotopic (exact) mass is 510 g/mol. The molecule has 0 aliphatic heterocycles. The summed E-state index contributed by atoms with van der Waals surface area (Å²) in [5.41, 5.74) is 0. The maximum atomic E-state index is 11.6. The summed E-state index contributed by atoms with van der Waals surface area (Å²) in [4.78, 5) is 23.0. The first-order valence-electron chi connectivity index (χ1n) is 14.0. The zero-order valence-electron chi connectivity index (χ0n) is 24.0. The van der Waals surface area contributed by atoms with Gasteiger partial charge in [0.2, 0.25) is 0 Å². The van der Waals surface area contributed by atoms with Gasteiger partial charge in [-0.25, -0.2) is 0 Å². The van der Waals surface area contributed by atoms with Crippen LogP contribution >= 0.6 is 0 Å². The number of allylic oxidation sites excluding steroid dienone is 1. The van der Waals surface area contributed by atoms with Gasteiger partial charge in [0.25, 0.3) is 0 Å². The van der Waals surface area contributed by atoms with E-state index in [1.54, 1.807) is 0 Å². The summed E-state index contributed by atoms with van der Waals surface area (Å²) in [5.74, 6) is 0.638. The Morgan fingerprint density at radius 1 is 1.03 bits per heavy atom. The molecule has 6 heteroatoms. The Bertz CT molecular complexity index is 652. The lowest BCUT2D eigenvalue weighted by molar-refractivity contribution is -0.144. The third-order valence-electron chi connectivity index (χ3n) is 7.94. The Morgan fingerprint density at radius 3 is 2.31 bits per heavy atom. The second-order valence-electron chi connectivity index (χ2n) is 11.9. The lowest BCUT2D eigenvalue weighted by Crippen LogP contribution is -2.45. The molecule has 0 aromatic heterocycles. The van der Waals surface area contributed by atoms with Crippen LogP contribution in [0.5, 0.6) is 0 Å². The van der Waals surface area contributed by atoms with Gasteiger partial charge in [-0.05, 0) is 74.6 Å². The summed E-state index contributed by atoms with van der Waals surface area (Å²) in [6.45, 7) is 15.3. The summed E-state index contributed by atoms with van der Waals surface area (Å²) >= 11 is 0. The largest absolute Gasteiger partial charge is 0.469 e. The highest BCUT2D eigenvalue weighted by molar-refractivity contribution is 6.74. The fraction of sp³-hybridized carbons (Fsp3) is 0.862. The molecule has 1 saturated carbocycles. The Hall–Kier alpha value is -1.14. The topological polar surface area (TPSA) is 61.8 Å². The van der Waals surface area contributed by atoms with E-state index in [-0.39, 0.29) is 23.1 Å². The van der Waals surface area contributed by atoms with E-state index >= 15 is 0 Å². The van der Waals surface area contributed by atoms with Crippen molar-refractivity contribution in [3.63, 3.8) is 0 Å². The van der Waals surface area contributed by atoms with Crippen molar-refractivity contribution in [2.45, 2.75) is 142 Å². The van der Waals surface area contributed by atoms with E-state index in [9.17, 15) is 9.59 Å². The molecule has 204 valence electrons. The van der Waals surface area contributed by atoms with Crippen LogP contribution in [0.2, 0.25) is 18.1 Å². The Kier molecular flexibility index (Phi) is 14.4. The molecule has 0 saturated heterocycles. The van der Waals surface area contributed by atoms with Gasteiger partial charge in [0.1, 0.15) is 6.10 Å². The molecule has 1 rings (SSSR count). The maximum Gasteiger partial charge on any atom is 0.305 e. The standard InChI is InChI=1S/C29H54O5Si/c1-9-10-13-16-25(33-23(2)30)21-19-24-20-22-27(34-35(7,8)29(3,4)5)26(24)17-14-11-12-15-18-28(31)32-6/h19,21,24-27H,9-18,20,22H2,1-8H3/b21-19+/t24-,25?,26+,27-/m0/s1. The van der Waals surface area contributed by atoms with Crippen LogP contribution < -0.4 is 0 Å². The molecular formula is C29H54O5Si. The Labute approximate surface area is 216 Å². The number of carbonyl (C=O) groups excluding carboxylic acids is 2. The van der Waals surface area contributed by atoms with Crippen molar-refractivity contribution in [3.05, 3.63) is 12.2 Å². The van der Waals surface area contributed by atoms with E-state index < -0.39 is 8.32 Å². The van der Waals surface area contributed by atoms with E-state index in [1.165, 1.54) is 14.0 Å². The molecule has 0 spiro atoms. The molecule has 0 heterocycles. The van der Waals surface area contributed by atoms with Crippen molar-refractivity contribution < 1.29 is 23.5 Å². The minimum absolute atomic E-state index is 0.116. The van der Waals surface area contributed by atoms with Gasteiger partial charge in [-0.1, -0.05) is 65.9 Å². The van der Waals surface area contributed by atoms with Crippen molar-refractivity contribution in [1.82, 2.24) is 0 Å². The van der Waals surface area contributed by atoms with Gasteiger partial charge >= 0.3 is 11.9 Å². The van der Waals surface area contributed by atoms with Gasteiger partial charge in [-0.3, -0.25) is 9.59 Å². The number of esters is 2. The predicted molar refractivity (Wildman–Crippen MR) is 147 cm³/mol. The van der Waals surface area contributed by atoms with Crippen molar-refractivity contribution >= 4 is 20.3 Å². The smallest absolute Gasteiger partial charge is 0.305 e. The first-order chi connectivity index (χ1) is 16.4. The number of hydrogen-bond donors (Lipinski definition) is 0. The number of hydrogen-bond acceptors (Lipinski definition) is 5. The Morgan fingerprint density at radius 2 is 1.71 bits per heavy atom. The molecule has 0 bridgehead atoms. The van der Waals surface area contributed by atoms with E-state index in [0.717, 1.165) is 70.6 Å². The lowest BCUT2D eigenvalue weighted by Gasteiger charge is -2.40. The highest BCUT2D eigenvalue weighted by atomic mass is 28.4. The molecule has 0 amide bonds. The van der Waals surface area contributed by atoms with Crippen molar-refractivity contribution in [2.24, 2.45) is 11.8 Å². The minimum Gasteiger partial charge on any atom is -0.469 e. The zero-order chi connectivity index (χ0) is 26.5. The number of rotatable bonds is 16. The van der Waals surface area contributed by atoms with Crippen molar-refractivity contribution in [2.75, 3.05) is 7.11 Å². The number of ether oxygens (including phenoxy) is 2. The van der Waals surface area contributed by atoms with Crippen LogP contribution in [-0.2, 0) is 23.5 Å². The first kappa shape index (κ1) is 31.9. The van der Waals surface area contributed by atoms with Gasteiger partial charge in [-0.2, -0.15) is 0 Å². The SMILES string of the molecule is CCCCCC(/C=C/[C@H]1CC[C@H](O[Si](C)(C)C(C)(C)C)[C@@H]1CCCCCCC(=O)OC)OC(C)=O. The van der Waals surface area contributed by atoms with Crippen molar-refractivity contribution in [1.29, 1.82) is 0 Å². The van der Waals surface area contributed by atoms with Gasteiger partial charge < -0.3 is 13.9 Å². The average Bonchev–Trinajstić information content (AvgIpc) is 3.13.